The van der Waals surface area contributed by atoms with Gasteiger partial charge in [-0.15, -0.1) is 0 Å². The minimum atomic E-state index is -0.233. The average molecular weight is 780 g/mol. The number of aromatic nitrogens is 1. The number of ether oxygens (including phenoxy) is 2. The molecular formula is C49H81NO6. The third kappa shape index (κ3) is 9.17. The fourth-order valence-corrected chi connectivity index (χ4v) is 13.9. The SMILES string of the molecule is CCC1CC(C)c2c1c(O)n(CCOC(=O)CCCCCCCCC(=O)OC1CCC3(C)C(CCC4C3CCC3(C)C(C(C)CCCC(C)C)CCC43)C1)c2O. The lowest BCUT2D eigenvalue weighted by atomic mass is 9.44. The van der Waals surface area contributed by atoms with Gasteiger partial charge in [0.25, 0.3) is 0 Å². The van der Waals surface area contributed by atoms with Crippen LogP contribution >= 0.6 is 0 Å². The second-order valence-electron chi connectivity index (χ2n) is 20.8. The highest BCUT2D eigenvalue weighted by Gasteiger charge is 2.60. The molecule has 1 aromatic rings. The smallest absolute Gasteiger partial charge is 0.306 e. The van der Waals surface area contributed by atoms with Crippen molar-refractivity contribution in [1.82, 2.24) is 4.57 Å². The van der Waals surface area contributed by atoms with Gasteiger partial charge < -0.3 is 19.7 Å². The summed E-state index contributed by atoms with van der Waals surface area (Å²) in [6.45, 7) is 17.2. The third-order valence-corrected chi connectivity index (χ3v) is 17.0. The summed E-state index contributed by atoms with van der Waals surface area (Å²) in [6, 6.07) is 0. The Morgan fingerprint density at radius 1 is 0.768 bits per heavy atom. The summed E-state index contributed by atoms with van der Waals surface area (Å²) in [5, 5.41) is 21.5. The Balaban J connectivity index is 0.824. The van der Waals surface area contributed by atoms with Gasteiger partial charge in [-0.3, -0.25) is 14.2 Å². The van der Waals surface area contributed by atoms with E-state index in [1.807, 2.05) is 0 Å². The molecule has 0 bridgehead atoms. The molecule has 7 nitrogen and oxygen atoms in total. The van der Waals surface area contributed by atoms with Gasteiger partial charge in [-0.2, -0.15) is 0 Å². The van der Waals surface area contributed by atoms with E-state index in [1.54, 1.807) is 0 Å². The summed E-state index contributed by atoms with van der Waals surface area (Å²) in [6.07, 6.45) is 24.6. The lowest BCUT2D eigenvalue weighted by Crippen LogP contribution is -2.54. The molecule has 5 aliphatic rings. The highest BCUT2D eigenvalue weighted by atomic mass is 16.5. The van der Waals surface area contributed by atoms with Gasteiger partial charge in [0.2, 0.25) is 0 Å². The van der Waals surface area contributed by atoms with E-state index in [0.717, 1.165) is 111 Å². The van der Waals surface area contributed by atoms with Crippen LogP contribution in [0.1, 0.15) is 213 Å². The van der Waals surface area contributed by atoms with Gasteiger partial charge in [-0.1, -0.05) is 93.4 Å². The Morgan fingerprint density at radius 2 is 1.43 bits per heavy atom. The molecular weight excluding hydrogens is 699 g/mol. The van der Waals surface area contributed by atoms with Crippen LogP contribution in [0.25, 0.3) is 0 Å². The summed E-state index contributed by atoms with van der Waals surface area (Å²) in [5.74, 6) is 6.46. The van der Waals surface area contributed by atoms with Crippen LogP contribution in [-0.2, 0) is 25.6 Å². The Kier molecular flexibility index (Phi) is 14.6. The molecule has 0 saturated heterocycles. The summed E-state index contributed by atoms with van der Waals surface area (Å²) in [5.41, 5.74) is 2.69. The van der Waals surface area contributed by atoms with Gasteiger partial charge in [-0.05, 0) is 148 Å². The van der Waals surface area contributed by atoms with Crippen LogP contribution < -0.4 is 0 Å². The van der Waals surface area contributed by atoms with Crippen molar-refractivity contribution in [3.63, 3.8) is 0 Å². The molecule has 11 atom stereocenters. The number of carbonyl (C=O) groups excluding carboxylic acids is 2. The van der Waals surface area contributed by atoms with E-state index in [9.17, 15) is 19.8 Å². The normalized spacial score (nSPS) is 34.1. The zero-order valence-electron chi connectivity index (χ0n) is 36.7. The molecule has 7 heteroatoms. The first-order chi connectivity index (χ1) is 26.8. The van der Waals surface area contributed by atoms with Crippen LogP contribution in [0.5, 0.6) is 11.8 Å². The van der Waals surface area contributed by atoms with Gasteiger partial charge in [0.1, 0.15) is 12.7 Å². The van der Waals surface area contributed by atoms with Crippen LogP contribution in [0.2, 0.25) is 0 Å². The summed E-state index contributed by atoms with van der Waals surface area (Å²) in [7, 11) is 0. The number of aromatic hydroxyl groups is 2. The number of hydrogen-bond acceptors (Lipinski definition) is 6. The standard InChI is InChI=1S/C49H81NO6/c1-8-35-30-34(5)44-45(35)47(54)50(46(44)53)28-29-55-42(51)18-13-11-9-10-12-14-19-43(52)56-37-24-26-48(6)36(31-37)20-21-38-40-23-22-39(33(4)17-15-16-32(2)3)49(40,7)27-25-41(38)48/h32-41,53-54H,8-31H2,1-7H3. The monoisotopic (exact) mass is 780 g/mol. The van der Waals surface area contributed by atoms with Crippen LogP contribution in [0.3, 0.4) is 0 Å². The topological polar surface area (TPSA) is 98.0 Å². The number of nitrogens with zero attached hydrogens (tertiary/aromatic N) is 1. The van der Waals surface area contributed by atoms with E-state index in [1.165, 1.54) is 68.8 Å². The first-order valence-corrected chi connectivity index (χ1v) is 23.8. The number of hydrogen-bond donors (Lipinski definition) is 2. The Labute approximate surface area is 340 Å². The van der Waals surface area contributed by atoms with Gasteiger partial charge in [0.15, 0.2) is 11.8 Å². The molecule has 4 saturated carbocycles. The maximum Gasteiger partial charge on any atom is 0.306 e. The molecule has 0 spiro atoms. The molecule has 0 amide bonds. The van der Waals surface area contributed by atoms with E-state index >= 15 is 0 Å². The van der Waals surface area contributed by atoms with Crippen molar-refractivity contribution in [2.24, 2.45) is 52.3 Å². The number of rotatable bonds is 19. The largest absolute Gasteiger partial charge is 0.494 e. The van der Waals surface area contributed by atoms with Crippen molar-refractivity contribution in [1.29, 1.82) is 0 Å². The maximum absolute atomic E-state index is 12.9. The number of carbonyl (C=O) groups is 2. The predicted molar refractivity (Wildman–Crippen MR) is 225 cm³/mol. The molecule has 1 aromatic heterocycles. The zero-order chi connectivity index (χ0) is 40.2. The lowest BCUT2D eigenvalue weighted by Gasteiger charge is -2.61. The fourth-order valence-electron chi connectivity index (χ4n) is 13.9. The minimum Gasteiger partial charge on any atom is -0.494 e. The van der Waals surface area contributed by atoms with E-state index in [4.69, 9.17) is 9.47 Å². The van der Waals surface area contributed by atoms with Crippen LogP contribution in [0.15, 0.2) is 0 Å². The van der Waals surface area contributed by atoms with E-state index in [0.29, 0.717) is 29.6 Å². The van der Waals surface area contributed by atoms with Crippen LogP contribution in [0, 0.1) is 52.3 Å². The second kappa shape index (κ2) is 18.8. The van der Waals surface area contributed by atoms with Crippen molar-refractivity contribution in [2.45, 2.75) is 214 Å². The number of unbranched alkanes of at least 4 members (excludes halogenated alkanes) is 5. The molecule has 11 unspecified atom stereocenters. The van der Waals surface area contributed by atoms with Gasteiger partial charge in [0.05, 0.1) is 6.54 Å². The molecule has 1 heterocycles. The van der Waals surface area contributed by atoms with Crippen LogP contribution in [0.4, 0.5) is 0 Å². The quantitative estimate of drug-likeness (QED) is 0.107. The van der Waals surface area contributed by atoms with Gasteiger partial charge in [-0.25, -0.2) is 0 Å². The molecule has 4 fully saturated rings. The fraction of sp³-hybridized carbons (Fsp3) is 0.878. The summed E-state index contributed by atoms with van der Waals surface area (Å²) < 4.78 is 13.1. The number of fused-ring (bicyclic) bond motifs is 6. The van der Waals surface area contributed by atoms with Gasteiger partial charge >= 0.3 is 11.9 Å². The first-order valence-electron chi connectivity index (χ1n) is 23.8. The lowest BCUT2D eigenvalue weighted by molar-refractivity contribution is -0.163. The Bertz CT molecular complexity index is 1470. The Morgan fingerprint density at radius 3 is 2.14 bits per heavy atom. The zero-order valence-corrected chi connectivity index (χ0v) is 36.7. The third-order valence-electron chi connectivity index (χ3n) is 17.0. The van der Waals surface area contributed by atoms with Crippen molar-refractivity contribution >= 4 is 11.9 Å². The molecule has 0 aromatic carbocycles. The predicted octanol–water partition coefficient (Wildman–Crippen LogP) is 12.6. The first kappa shape index (κ1) is 43.4. The summed E-state index contributed by atoms with van der Waals surface area (Å²) >= 11 is 0. The second-order valence-corrected chi connectivity index (χ2v) is 20.8. The van der Waals surface area contributed by atoms with Crippen molar-refractivity contribution in [3.05, 3.63) is 11.1 Å². The molecule has 56 heavy (non-hydrogen) atoms. The highest BCUT2D eigenvalue weighted by Crippen LogP contribution is 2.68. The van der Waals surface area contributed by atoms with E-state index in [2.05, 4.69) is 48.5 Å². The molecule has 2 N–H and O–H groups in total. The molecule has 6 rings (SSSR count). The highest BCUT2D eigenvalue weighted by molar-refractivity contribution is 5.69. The maximum atomic E-state index is 12.9. The molecule has 318 valence electrons. The average Bonchev–Trinajstić information content (AvgIpc) is 3.78. The van der Waals surface area contributed by atoms with Gasteiger partial charge in [0, 0.05) is 24.0 Å². The van der Waals surface area contributed by atoms with Crippen molar-refractivity contribution in [2.75, 3.05) is 6.61 Å². The molecule has 5 aliphatic carbocycles. The van der Waals surface area contributed by atoms with E-state index < -0.39 is 0 Å². The van der Waals surface area contributed by atoms with Crippen molar-refractivity contribution in [3.8, 4) is 11.8 Å². The van der Waals surface area contributed by atoms with Crippen molar-refractivity contribution < 1.29 is 29.3 Å². The van der Waals surface area contributed by atoms with E-state index in [-0.39, 0.29) is 54.8 Å². The molecule has 0 aliphatic heterocycles. The van der Waals surface area contributed by atoms with Crippen LogP contribution in [-0.4, -0.2) is 39.4 Å². The minimum absolute atomic E-state index is 0.00571. The number of esters is 2. The molecule has 0 radical (unpaired) electrons. The summed E-state index contributed by atoms with van der Waals surface area (Å²) in [4.78, 5) is 25.3. The Hall–Kier alpha value is -2.18.